The van der Waals surface area contributed by atoms with Gasteiger partial charge >= 0.3 is 0 Å². The lowest BCUT2D eigenvalue weighted by Crippen LogP contribution is -2.37. The molecule has 5 nitrogen and oxygen atoms in total. The number of rotatable bonds is 4. The van der Waals surface area contributed by atoms with E-state index in [2.05, 4.69) is 33.9 Å². The van der Waals surface area contributed by atoms with E-state index in [1.807, 2.05) is 13.1 Å². The van der Waals surface area contributed by atoms with Gasteiger partial charge in [-0.2, -0.15) is 0 Å². The first-order valence-electron chi connectivity index (χ1n) is 6.55. The number of hydrogen-bond acceptors (Lipinski definition) is 5. The number of aromatic nitrogens is 2. The van der Waals surface area contributed by atoms with E-state index >= 15 is 0 Å². The number of aryl methyl sites for hydroxylation is 1. The molecule has 0 radical (unpaired) electrons. The second-order valence-corrected chi connectivity index (χ2v) is 5.14. The molecule has 1 aromatic heterocycles. The summed E-state index contributed by atoms with van der Waals surface area (Å²) in [5.74, 6) is 0.796. The average Bonchev–Trinajstić information content (AvgIpc) is 2.75. The Balaban J connectivity index is 2.04. The molecule has 1 atom stereocenters. The smallest absolute Gasteiger partial charge is 0.225 e. The van der Waals surface area contributed by atoms with Crippen LogP contribution in [-0.2, 0) is 6.54 Å². The monoisotopic (exact) mass is 249 g/mol. The molecule has 1 aliphatic heterocycles. The van der Waals surface area contributed by atoms with Gasteiger partial charge in [-0.25, -0.2) is 9.97 Å². The second-order valence-electron chi connectivity index (χ2n) is 5.14. The molecule has 18 heavy (non-hydrogen) atoms. The van der Waals surface area contributed by atoms with Gasteiger partial charge in [0.1, 0.15) is 0 Å². The maximum Gasteiger partial charge on any atom is 0.225 e. The van der Waals surface area contributed by atoms with E-state index < -0.39 is 0 Å². The minimum absolute atomic E-state index is 0.501. The van der Waals surface area contributed by atoms with Crippen LogP contribution in [0.2, 0.25) is 0 Å². The predicted octanol–water partition coefficient (Wildman–Crippen LogP) is 0.774. The first-order valence-corrected chi connectivity index (χ1v) is 6.55. The van der Waals surface area contributed by atoms with Crippen molar-refractivity contribution < 1.29 is 0 Å². The summed E-state index contributed by atoms with van der Waals surface area (Å²) in [5, 5.41) is 0. The lowest BCUT2D eigenvalue weighted by Gasteiger charge is -2.26. The molecule has 1 saturated heterocycles. The van der Waals surface area contributed by atoms with E-state index in [1.165, 1.54) is 19.4 Å². The quantitative estimate of drug-likeness (QED) is 0.854. The summed E-state index contributed by atoms with van der Waals surface area (Å²) in [5.41, 5.74) is 7.63. The van der Waals surface area contributed by atoms with E-state index in [0.29, 0.717) is 12.6 Å². The normalized spacial score (nSPS) is 20.3. The third kappa shape index (κ3) is 2.79. The van der Waals surface area contributed by atoms with Crippen LogP contribution in [-0.4, -0.2) is 48.1 Å². The molecule has 1 aromatic rings. The summed E-state index contributed by atoms with van der Waals surface area (Å²) in [6.45, 7) is 4.67. The zero-order valence-corrected chi connectivity index (χ0v) is 11.6. The number of likely N-dealkylation sites (N-methyl/N-ethyl adjacent to an activating group) is 2. The highest BCUT2D eigenvalue weighted by atomic mass is 15.3. The van der Waals surface area contributed by atoms with E-state index in [1.54, 1.807) is 0 Å². The minimum atomic E-state index is 0.501. The van der Waals surface area contributed by atoms with Gasteiger partial charge in [0.25, 0.3) is 0 Å². The maximum absolute atomic E-state index is 5.63. The van der Waals surface area contributed by atoms with Crippen molar-refractivity contribution in [3.05, 3.63) is 17.5 Å². The van der Waals surface area contributed by atoms with Gasteiger partial charge in [-0.15, -0.1) is 0 Å². The van der Waals surface area contributed by atoms with Crippen molar-refractivity contribution in [1.29, 1.82) is 0 Å². The summed E-state index contributed by atoms with van der Waals surface area (Å²) in [4.78, 5) is 13.5. The van der Waals surface area contributed by atoms with Crippen LogP contribution in [0.3, 0.4) is 0 Å². The van der Waals surface area contributed by atoms with Crippen molar-refractivity contribution in [2.24, 2.45) is 5.73 Å². The van der Waals surface area contributed by atoms with Gasteiger partial charge in [0.05, 0.1) is 0 Å². The van der Waals surface area contributed by atoms with E-state index in [9.17, 15) is 0 Å². The van der Waals surface area contributed by atoms with Crippen LogP contribution in [0, 0.1) is 6.92 Å². The summed E-state index contributed by atoms with van der Waals surface area (Å²) in [6.07, 6.45) is 4.40. The first kappa shape index (κ1) is 13.2. The van der Waals surface area contributed by atoms with Crippen LogP contribution in [0.5, 0.6) is 0 Å². The molecule has 1 unspecified atom stereocenters. The van der Waals surface area contributed by atoms with Crippen molar-refractivity contribution >= 4 is 5.95 Å². The number of anilines is 1. The Morgan fingerprint density at radius 3 is 2.89 bits per heavy atom. The third-order valence-corrected chi connectivity index (χ3v) is 3.79. The zero-order chi connectivity index (χ0) is 13.1. The molecule has 1 aliphatic rings. The maximum atomic E-state index is 5.63. The molecular formula is C13H23N5. The van der Waals surface area contributed by atoms with Gasteiger partial charge in [0, 0.05) is 43.6 Å². The fourth-order valence-electron chi connectivity index (χ4n) is 2.47. The van der Waals surface area contributed by atoms with Crippen molar-refractivity contribution in [2.75, 3.05) is 32.1 Å². The van der Waals surface area contributed by atoms with Crippen LogP contribution in [0.15, 0.2) is 6.20 Å². The number of nitrogens with zero attached hydrogens (tertiary/aromatic N) is 4. The Morgan fingerprint density at radius 1 is 1.56 bits per heavy atom. The van der Waals surface area contributed by atoms with Gasteiger partial charge < -0.3 is 15.5 Å². The first-order chi connectivity index (χ1) is 8.61. The van der Waals surface area contributed by atoms with Crippen LogP contribution in [0.1, 0.15) is 24.1 Å². The summed E-state index contributed by atoms with van der Waals surface area (Å²) >= 11 is 0. The summed E-state index contributed by atoms with van der Waals surface area (Å²) in [6, 6.07) is 0.619. The van der Waals surface area contributed by atoms with E-state index in [-0.39, 0.29) is 0 Å². The van der Waals surface area contributed by atoms with Crippen molar-refractivity contribution in [1.82, 2.24) is 14.9 Å². The molecule has 100 valence electrons. The molecule has 2 N–H and O–H groups in total. The number of nitrogens with two attached hydrogens (primary N) is 1. The topological polar surface area (TPSA) is 58.3 Å². The molecule has 5 heteroatoms. The molecule has 2 rings (SSSR count). The second kappa shape index (κ2) is 5.63. The molecule has 1 fully saturated rings. The van der Waals surface area contributed by atoms with Crippen molar-refractivity contribution in [2.45, 2.75) is 32.4 Å². The Hall–Kier alpha value is -1.20. The van der Waals surface area contributed by atoms with Gasteiger partial charge in [-0.1, -0.05) is 0 Å². The molecule has 2 heterocycles. The van der Waals surface area contributed by atoms with Crippen LogP contribution >= 0.6 is 0 Å². The highest BCUT2D eigenvalue weighted by Gasteiger charge is 2.22. The average molecular weight is 249 g/mol. The summed E-state index contributed by atoms with van der Waals surface area (Å²) < 4.78 is 0. The fraction of sp³-hybridized carbons (Fsp3) is 0.692. The Labute approximate surface area is 109 Å². The number of likely N-dealkylation sites (tertiary alicyclic amines) is 1. The molecule has 0 bridgehead atoms. The van der Waals surface area contributed by atoms with Crippen molar-refractivity contribution in [3.63, 3.8) is 0 Å². The van der Waals surface area contributed by atoms with Crippen LogP contribution in [0.4, 0.5) is 5.95 Å². The zero-order valence-electron chi connectivity index (χ0n) is 11.6. The lowest BCUT2D eigenvalue weighted by atomic mass is 10.2. The number of hydrogen-bond donors (Lipinski definition) is 1. The molecule has 0 aromatic carbocycles. The van der Waals surface area contributed by atoms with Gasteiger partial charge in [0.15, 0.2) is 0 Å². The molecule has 0 spiro atoms. The van der Waals surface area contributed by atoms with E-state index in [0.717, 1.165) is 23.8 Å². The van der Waals surface area contributed by atoms with Gasteiger partial charge in [-0.05, 0) is 33.4 Å². The standard InChI is InChI=1S/C13H23N5/c1-10-11(7-14)8-15-13(16-10)18(3)9-12-5-4-6-17(12)2/h8,12H,4-7,9,14H2,1-3H3. The third-order valence-electron chi connectivity index (χ3n) is 3.79. The Kier molecular flexibility index (Phi) is 4.14. The fourth-order valence-corrected chi connectivity index (χ4v) is 2.47. The highest BCUT2D eigenvalue weighted by Crippen LogP contribution is 2.17. The molecule has 0 amide bonds. The predicted molar refractivity (Wildman–Crippen MR) is 73.6 cm³/mol. The Morgan fingerprint density at radius 2 is 2.33 bits per heavy atom. The van der Waals surface area contributed by atoms with Crippen LogP contribution < -0.4 is 10.6 Å². The lowest BCUT2D eigenvalue weighted by molar-refractivity contribution is 0.313. The summed E-state index contributed by atoms with van der Waals surface area (Å²) in [7, 11) is 4.25. The van der Waals surface area contributed by atoms with Gasteiger partial charge in [0.2, 0.25) is 5.95 Å². The van der Waals surface area contributed by atoms with E-state index in [4.69, 9.17) is 5.73 Å². The molecule has 0 saturated carbocycles. The largest absolute Gasteiger partial charge is 0.342 e. The SMILES string of the molecule is Cc1nc(N(C)CC2CCCN2C)ncc1CN. The Bertz CT molecular complexity index is 406. The minimum Gasteiger partial charge on any atom is -0.342 e. The molecular weight excluding hydrogens is 226 g/mol. The van der Waals surface area contributed by atoms with Gasteiger partial charge in [-0.3, -0.25) is 0 Å². The van der Waals surface area contributed by atoms with Crippen molar-refractivity contribution in [3.8, 4) is 0 Å². The van der Waals surface area contributed by atoms with Crippen LogP contribution in [0.25, 0.3) is 0 Å². The molecule has 0 aliphatic carbocycles. The highest BCUT2D eigenvalue weighted by molar-refractivity contribution is 5.32.